The first-order valence-electron chi connectivity index (χ1n) is 6.95. The van der Waals surface area contributed by atoms with E-state index in [-0.39, 0.29) is 12.8 Å². The van der Waals surface area contributed by atoms with E-state index in [2.05, 4.69) is 20.8 Å². The molecule has 4 heteroatoms. The zero-order valence-electron chi connectivity index (χ0n) is 12.0. The van der Waals surface area contributed by atoms with Gasteiger partial charge in [-0.2, -0.15) is 0 Å². The van der Waals surface area contributed by atoms with Crippen LogP contribution in [-0.4, -0.2) is 23.7 Å². The normalized spacial score (nSPS) is 9.28. The average Bonchev–Trinajstić information content (AvgIpc) is 2.36. The Morgan fingerprint density at radius 1 is 0.889 bits per heavy atom. The SMILES string of the molecule is CCCC.CCCCCCOC(=O)CCC(=O)O. The highest BCUT2D eigenvalue weighted by Crippen LogP contribution is 2.00. The molecule has 0 atom stereocenters. The van der Waals surface area contributed by atoms with Crippen LogP contribution in [0.2, 0.25) is 0 Å². The van der Waals surface area contributed by atoms with Crippen molar-refractivity contribution in [1.29, 1.82) is 0 Å². The maximum absolute atomic E-state index is 10.9. The Kier molecular flexibility index (Phi) is 17.1. The van der Waals surface area contributed by atoms with Crippen molar-refractivity contribution in [2.45, 2.75) is 72.1 Å². The van der Waals surface area contributed by atoms with Crippen molar-refractivity contribution >= 4 is 11.9 Å². The number of carboxylic acid groups (broad SMARTS) is 1. The highest BCUT2D eigenvalue weighted by atomic mass is 16.5. The van der Waals surface area contributed by atoms with Gasteiger partial charge in [0.25, 0.3) is 0 Å². The molecule has 0 unspecified atom stereocenters. The van der Waals surface area contributed by atoms with Crippen LogP contribution in [-0.2, 0) is 14.3 Å². The van der Waals surface area contributed by atoms with E-state index in [1.54, 1.807) is 0 Å². The van der Waals surface area contributed by atoms with Crippen LogP contribution < -0.4 is 0 Å². The third kappa shape index (κ3) is 20.4. The molecular formula is C14H28O4. The van der Waals surface area contributed by atoms with Gasteiger partial charge in [0.2, 0.25) is 0 Å². The molecule has 0 radical (unpaired) electrons. The maximum Gasteiger partial charge on any atom is 0.306 e. The number of carbonyl (C=O) groups excluding carboxylic acids is 1. The lowest BCUT2D eigenvalue weighted by atomic mass is 10.2. The first-order valence-corrected chi connectivity index (χ1v) is 6.95. The minimum absolute atomic E-state index is 0.0247. The molecule has 4 nitrogen and oxygen atoms in total. The van der Waals surface area contributed by atoms with Crippen LogP contribution in [0.5, 0.6) is 0 Å². The Bertz CT molecular complexity index is 200. The average molecular weight is 260 g/mol. The van der Waals surface area contributed by atoms with E-state index in [4.69, 9.17) is 9.84 Å². The highest BCUT2D eigenvalue weighted by molar-refractivity contribution is 5.76. The molecular weight excluding hydrogens is 232 g/mol. The van der Waals surface area contributed by atoms with E-state index in [0.717, 1.165) is 25.7 Å². The summed E-state index contributed by atoms with van der Waals surface area (Å²) in [6.45, 7) is 6.89. The van der Waals surface area contributed by atoms with Gasteiger partial charge in [0.1, 0.15) is 0 Å². The summed E-state index contributed by atoms with van der Waals surface area (Å²) in [4.78, 5) is 21.0. The van der Waals surface area contributed by atoms with E-state index in [1.807, 2.05) is 0 Å². The number of aliphatic carboxylic acids is 1. The number of rotatable bonds is 9. The molecule has 0 aromatic carbocycles. The van der Waals surface area contributed by atoms with Gasteiger partial charge in [-0.3, -0.25) is 9.59 Å². The van der Waals surface area contributed by atoms with Crippen LogP contribution in [0.4, 0.5) is 0 Å². The van der Waals surface area contributed by atoms with Crippen LogP contribution in [0, 0.1) is 0 Å². The van der Waals surface area contributed by atoms with Crippen molar-refractivity contribution in [3.63, 3.8) is 0 Å². The molecule has 0 rings (SSSR count). The van der Waals surface area contributed by atoms with Gasteiger partial charge in [-0.15, -0.1) is 0 Å². The molecule has 0 heterocycles. The molecule has 0 saturated heterocycles. The molecule has 0 aliphatic rings. The predicted octanol–water partition coefficient (Wildman–Crippen LogP) is 3.78. The summed E-state index contributed by atoms with van der Waals surface area (Å²) in [7, 11) is 0. The maximum atomic E-state index is 10.9. The van der Waals surface area contributed by atoms with Crippen LogP contribution in [0.1, 0.15) is 72.1 Å². The number of unbranched alkanes of at least 4 members (excludes halogenated alkanes) is 4. The predicted molar refractivity (Wildman–Crippen MR) is 72.6 cm³/mol. The molecule has 0 aromatic rings. The number of ether oxygens (including phenoxy) is 1. The van der Waals surface area contributed by atoms with Gasteiger partial charge < -0.3 is 9.84 Å². The van der Waals surface area contributed by atoms with Gasteiger partial charge in [-0.1, -0.05) is 52.9 Å². The van der Waals surface area contributed by atoms with Gasteiger partial charge >= 0.3 is 11.9 Å². The molecule has 0 amide bonds. The fourth-order valence-corrected chi connectivity index (χ4v) is 0.996. The topological polar surface area (TPSA) is 63.6 Å². The molecule has 0 aliphatic carbocycles. The van der Waals surface area contributed by atoms with Gasteiger partial charge in [0.05, 0.1) is 19.4 Å². The molecule has 108 valence electrons. The summed E-state index contributed by atoms with van der Waals surface area (Å²) in [5.74, 6) is -1.38. The van der Waals surface area contributed by atoms with Crippen molar-refractivity contribution in [3.8, 4) is 0 Å². The quantitative estimate of drug-likeness (QED) is 0.506. The zero-order chi connectivity index (χ0) is 14.2. The molecule has 0 spiro atoms. The second kappa shape index (κ2) is 15.9. The Morgan fingerprint density at radius 3 is 1.94 bits per heavy atom. The summed E-state index contributed by atoms with van der Waals surface area (Å²) in [6, 6.07) is 0. The lowest BCUT2D eigenvalue weighted by molar-refractivity contribution is -0.147. The minimum Gasteiger partial charge on any atom is -0.481 e. The summed E-state index contributed by atoms with van der Waals surface area (Å²) in [6.07, 6.45) is 6.69. The second-order valence-corrected chi connectivity index (χ2v) is 4.17. The highest BCUT2D eigenvalue weighted by Gasteiger charge is 2.05. The molecule has 0 saturated carbocycles. The fourth-order valence-electron chi connectivity index (χ4n) is 0.996. The summed E-state index contributed by atoms with van der Waals surface area (Å²) in [5.41, 5.74) is 0. The van der Waals surface area contributed by atoms with Crippen LogP contribution >= 0.6 is 0 Å². The Morgan fingerprint density at radius 2 is 1.50 bits per heavy atom. The molecule has 0 bridgehead atoms. The number of hydrogen-bond donors (Lipinski definition) is 1. The van der Waals surface area contributed by atoms with E-state index in [9.17, 15) is 9.59 Å². The first kappa shape index (κ1) is 19.3. The number of hydrogen-bond acceptors (Lipinski definition) is 3. The zero-order valence-corrected chi connectivity index (χ0v) is 12.0. The van der Waals surface area contributed by atoms with Crippen molar-refractivity contribution in [2.75, 3.05) is 6.61 Å². The second-order valence-electron chi connectivity index (χ2n) is 4.17. The molecule has 0 aromatic heterocycles. The van der Waals surface area contributed by atoms with Crippen LogP contribution in [0.3, 0.4) is 0 Å². The van der Waals surface area contributed by atoms with Crippen molar-refractivity contribution in [1.82, 2.24) is 0 Å². The van der Waals surface area contributed by atoms with E-state index < -0.39 is 11.9 Å². The van der Waals surface area contributed by atoms with Crippen LogP contribution in [0.25, 0.3) is 0 Å². The van der Waals surface area contributed by atoms with Crippen molar-refractivity contribution in [3.05, 3.63) is 0 Å². The summed E-state index contributed by atoms with van der Waals surface area (Å²) >= 11 is 0. The molecule has 1 N–H and O–H groups in total. The summed E-state index contributed by atoms with van der Waals surface area (Å²) in [5, 5.41) is 8.30. The van der Waals surface area contributed by atoms with E-state index >= 15 is 0 Å². The Labute approximate surface area is 111 Å². The van der Waals surface area contributed by atoms with Gasteiger partial charge in [-0.25, -0.2) is 0 Å². The van der Waals surface area contributed by atoms with E-state index in [1.165, 1.54) is 12.8 Å². The smallest absolute Gasteiger partial charge is 0.306 e. The minimum atomic E-state index is -0.965. The Balaban J connectivity index is 0. The monoisotopic (exact) mass is 260 g/mol. The largest absolute Gasteiger partial charge is 0.481 e. The lowest BCUT2D eigenvalue weighted by Crippen LogP contribution is -2.08. The number of carboxylic acids is 1. The van der Waals surface area contributed by atoms with Gasteiger partial charge in [-0.05, 0) is 6.42 Å². The van der Waals surface area contributed by atoms with Crippen LogP contribution in [0.15, 0.2) is 0 Å². The van der Waals surface area contributed by atoms with Crippen molar-refractivity contribution < 1.29 is 19.4 Å². The Hall–Kier alpha value is -1.06. The fraction of sp³-hybridized carbons (Fsp3) is 0.857. The van der Waals surface area contributed by atoms with Gasteiger partial charge in [0.15, 0.2) is 0 Å². The van der Waals surface area contributed by atoms with Gasteiger partial charge in [0, 0.05) is 0 Å². The van der Waals surface area contributed by atoms with E-state index in [0.29, 0.717) is 6.61 Å². The number of esters is 1. The standard InChI is InChI=1S/C10H18O4.C4H10/c1-2-3-4-5-8-14-10(13)7-6-9(11)12;1-3-4-2/h2-8H2,1H3,(H,11,12);3-4H2,1-2H3. The molecule has 18 heavy (non-hydrogen) atoms. The number of carbonyl (C=O) groups is 2. The van der Waals surface area contributed by atoms with Crippen molar-refractivity contribution in [2.24, 2.45) is 0 Å². The third-order valence-electron chi connectivity index (χ3n) is 2.30. The first-order chi connectivity index (χ1) is 8.58. The molecule has 0 fully saturated rings. The third-order valence-corrected chi connectivity index (χ3v) is 2.30. The summed E-state index contributed by atoms with van der Waals surface area (Å²) < 4.78 is 4.84. The molecule has 0 aliphatic heterocycles. The lowest BCUT2D eigenvalue weighted by Gasteiger charge is -2.02.